The van der Waals surface area contributed by atoms with Crippen LogP contribution < -0.4 is 4.74 Å². The average Bonchev–Trinajstić information content (AvgIpc) is 2.41. The normalized spacial score (nSPS) is 11.4. The molecule has 0 aliphatic heterocycles. The molecule has 0 spiro atoms. The van der Waals surface area contributed by atoms with Gasteiger partial charge in [-0.1, -0.05) is 24.6 Å². The van der Waals surface area contributed by atoms with Gasteiger partial charge in [0.15, 0.2) is 0 Å². The van der Waals surface area contributed by atoms with Crippen molar-refractivity contribution in [2.75, 3.05) is 13.7 Å². The van der Waals surface area contributed by atoms with Gasteiger partial charge in [-0.05, 0) is 31.0 Å². The molecule has 0 heterocycles. The van der Waals surface area contributed by atoms with Gasteiger partial charge >= 0.3 is 12.6 Å². The molecule has 1 aromatic rings. The van der Waals surface area contributed by atoms with Crippen LogP contribution in [-0.2, 0) is 9.53 Å². The van der Waals surface area contributed by atoms with Crippen molar-refractivity contribution in [1.29, 1.82) is 0 Å². The zero-order valence-corrected chi connectivity index (χ0v) is 12.8. The minimum absolute atomic E-state index is 0.209. The Morgan fingerprint density at radius 2 is 1.86 bits per heavy atom. The van der Waals surface area contributed by atoms with Crippen LogP contribution in [0, 0.1) is 0 Å². The molecule has 1 atom stereocenters. The maximum absolute atomic E-state index is 11.8. The molecular formula is C14H18ClF3O3. The monoisotopic (exact) mass is 326 g/mol. The number of hydrogen-bond donors (Lipinski definition) is 0. The predicted octanol–water partition coefficient (Wildman–Crippen LogP) is 4.58. The summed E-state index contributed by atoms with van der Waals surface area (Å²) in [5.74, 6) is 0.104. The summed E-state index contributed by atoms with van der Waals surface area (Å²) in [6.07, 6.45) is 0.684. The molecule has 0 saturated heterocycles. The third-order valence-electron chi connectivity index (χ3n) is 2.56. The number of carbonyl (C=O) groups excluding carboxylic acids is 1. The minimum Gasteiger partial charge on any atom is -0.495 e. The molecule has 0 saturated carbocycles. The van der Waals surface area contributed by atoms with Gasteiger partial charge in [0.2, 0.25) is 0 Å². The van der Waals surface area contributed by atoms with Gasteiger partial charge in [0.05, 0.1) is 24.7 Å². The van der Waals surface area contributed by atoms with Gasteiger partial charge in [0.1, 0.15) is 5.75 Å². The van der Waals surface area contributed by atoms with E-state index in [1.807, 2.05) is 13.0 Å². The summed E-state index contributed by atoms with van der Waals surface area (Å²) in [6, 6.07) is 5.35. The summed E-state index contributed by atoms with van der Waals surface area (Å²) in [5.41, 5.74) is 0.868. The number of carbonyl (C=O) groups is 1. The third kappa shape index (κ3) is 7.22. The summed E-state index contributed by atoms with van der Waals surface area (Å²) in [7, 11) is 1.55. The summed E-state index contributed by atoms with van der Waals surface area (Å²) in [4.78, 5) is 11.8. The molecule has 1 unspecified atom stereocenters. The van der Waals surface area contributed by atoms with E-state index in [4.69, 9.17) is 21.1 Å². The Kier molecular flexibility index (Phi) is 9.62. The third-order valence-corrected chi connectivity index (χ3v) is 2.87. The summed E-state index contributed by atoms with van der Waals surface area (Å²) >= 11 is 5.94. The van der Waals surface area contributed by atoms with Crippen LogP contribution in [0.2, 0.25) is 5.02 Å². The van der Waals surface area contributed by atoms with Crippen molar-refractivity contribution in [3.05, 3.63) is 28.8 Å². The number of alkyl halides is 3. The molecule has 21 heavy (non-hydrogen) atoms. The number of ether oxygens (including phenoxy) is 2. The predicted molar refractivity (Wildman–Crippen MR) is 74.8 cm³/mol. The first-order valence-corrected chi connectivity index (χ1v) is 6.67. The molecule has 0 fully saturated rings. The highest BCUT2D eigenvalue weighted by Crippen LogP contribution is 2.30. The molecule has 0 bridgehead atoms. The molecule has 120 valence electrons. The Bertz CT molecular complexity index is 439. The number of methoxy groups -OCH3 is 1. The Labute approximate surface area is 127 Å². The Morgan fingerprint density at radius 1 is 1.29 bits per heavy atom. The van der Waals surface area contributed by atoms with Crippen LogP contribution in [0.3, 0.4) is 0 Å². The zero-order valence-electron chi connectivity index (χ0n) is 12.0. The lowest BCUT2D eigenvalue weighted by Crippen LogP contribution is -2.15. The van der Waals surface area contributed by atoms with Gasteiger partial charge in [0, 0.05) is 0 Å². The van der Waals surface area contributed by atoms with Gasteiger partial charge in [-0.15, -0.1) is 0 Å². The quantitative estimate of drug-likeness (QED) is 0.743. The van der Waals surface area contributed by atoms with Crippen molar-refractivity contribution < 1.29 is 27.4 Å². The van der Waals surface area contributed by atoms with E-state index in [1.54, 1.807) is 26.2 Å². The summed E-state index contributed by atoms with van der Waals surface area (Å²) < 4.78 is 39.2. The summed E-state index contributed by atoms with van der Waals surface area (Å²) in [5, 5.41) is 0.537. The Morgan fingerprint density at radius 3 is 2.29 bits per heavy atom. The molecule has 0 radical (unpaired) electrons. The lowest BCUT2D eigenvalue weighted by Gasteiger charge is -2.15. The number of esters is 1. The Hall–Kier alpha value is -1.43. The fourth-order valence-electron chi connectivity index (χ4n) is 1.67. The molecule has 0 aromatic heterocycles. The molecular weight excluding hydrogens is 309 g/mol. The molecule has 0 aliphatic carbocycles. The van der Waals surface area contributed by atoms with E-state index in [9.17, 15) is 18.0 Å². The largest absolute Gasteiger partial charge is 0.495 e. The van der Waals surface area contributed by atoms with Crippen LogP contribution in [0.1, 0.15) is 31.7 Å². The molecule has 0 aliphatic rings. The van der Waals surface area contributed by atoms with Gasteiger partial charge in [-0.2, -0.15) is 13.2 Å². The highest BCUT2D eigenvalue weighted by Gasteiger charge is 2.20. The Balaban J connectivity index is 0.000000885. The van der Waals surface area contributed by atoms with Crippen molar-refractivity contribution >= 4 is 17.6 Å². The maximum Gasteiger partial charge on any atom is 0.379 e. The molecule has 0 N–H and O–H groups in total. The second-order valence-electron chi connectivity index (χ2n) is 3.85. The van der Waals surface area contributed by atoms with Crippen molar-refractivity contribution in [2.24, 2.45) is 0 Å². The minimum atomic E-state index is -3.67. The first kappa shape index (κ1) is 19.6. The van der Waals surface area contributed by atoms with Gasteiger partial charge < -0.3 is 9.47 Å². The smallest absolute Gasteiger partial charge is 0.379 e. The summed E-state index contributed by atoms with van der Waals surface area (Å²) in [6.45, 7) is 0.468. The van der Waals surface area contributed by atoms with Crippen LogP contribution >= 0.6 is 11.6 Å². The molecule has 1 rings (SSSR count). The van der Waals surface area contributed by atoms with E-state index in [2.05, 4.69) is 0 Å². The number of benzene rings is 1. The standard InChI is InChI=1S/C13H17ClO3.CHF3/c1-4-10(13(15)17-5-2)9-6-7-11(14)12(8-9)16-3;2-1(3)4/h6-8,10H,4-5H2,1-3H3;1H. The van der Waals surface area contributed by atoms with Crippen molar-refractivity contribution in [1.82, 2.24) is 0 Å². The fraction of sp³-hybridized carbons (Fsp3) is 0.500. The lowest BCUT2D eigenvalue weighted by atomic mass is 9.96. The molecule has 7 heteroatoms. The van der Waals surface area contributed by atoms with Crippen LogP contribution in [0.25, 0.3) is 0 Å². The van der Waals surface area contributed by atoms with Gasteiger partial charge in [-0.25, -0.2) is 0 Å². The fourth-order valence-corrected chi connectivity index (χ4v) is 1.87. The molecule has 1 aromatic carbocycles. The van der Waals surface area contributed by atoms with E-state index >= 15 is 0 Å². The first-order chi connectivity index (χ1) is 9.87. The highest BCUT2D eigenvalue weighted by molar-refractivity contribution is 6.32. The van der Waals surface area contributed by atoms with Crippen LogP contribution in [0.4, 0.5) is 13.2 Å². The average molecular weight is 327 g/mol. The van der Waals surface area contributed by atoms with Crippen molar-refractivity contribution in [2.45, 2.75) is 32.9 Å². The van der Waals surface area contributed by atoms with Crippen molar-refractivity contribution in [3.8, 4) is 5.75 Å². The van der Waals surface area contributed by atoms with E-state index in [-0.39, 0.29) is 11.9 Å². The topological polar surface area (TPSA) is 35.5 Å². The van der Waals surface area contributed by atoms with Crippen LogP contribution in [-0.4, -0.2) is 26.4 Å². The van der Waals surface area contributed by atoms with E-state index in [0.717, 1.165) is 5.56 Å². The second-order valence-corrected chi connectivity index (χ2v) is 4.26. The lowest BCUT2D eigenvalue weighted by molar-refractivity contribution is -0.145. The zero-order chi connectivity index (χ0) is 16.4. The number of hydrogen-bond acceptors (Lipinski definition) is 3. The van der Waals surface area contributed by atoms with Gasteiger partial charge in [0.25, 0.3) is 0 Å². The van der Waals surface area contributed by atoms with Crippen molar-refractivity contribution in [3.63, 3.8) is 0 Å². The second kappa shape index (κ2) is 10.3. The SMILES string of the molecule is CCOC(=O)C(CC)c1ccc(Cl)c(OC)c1.FC(F)F. The van der Waals surface area contributed by atoms with Crippen LogP contribution in [0.5, 0.6) is 5.75 Å². The van der Waals surface area contributed by atoms with E-state index in [0.29, 0.717) is 23.8 Å². The first-order valence-electron chi connectivity index (χ1n) is 6.29. The van der Waals surface area contributed by atoms with E-state index < -0.39 is 6.68 Å². The highest BCUT2D eigenvalue weighted by atomic mass is 35.5. The van der Waals surface area contributed by atoms with Gasteiger partial charge in [-0.3, -0.25) is 4.79 Å². The number of rotatable bonds is 5. The molecule has 3 nitrogen and oxygen atoms in total. The maximum atomic E-state index is 11.8. The van der Waals surface area contributed by atoms with E-state index in [1.165, 1.54) is 0 Å². The molecule has 0 amide bonds. The van der Waals surface area contributed by atoms with Crippen LogP contribution in [0.15, 0.2) is 18.2 Å². The number of halogens is 4.